The molecule has 0 bridgehead atoms. The maximum atomic E-state index is 12.7. The molecule has 4 rings (SSSR count). The highest BCUT2D eigenvalue weighted by Gasteiger charge is 2.13. The summed E-state index contributed by atoms with van der Waals surface area (Å²) in [6.07, 6.45) is 1.42. The molecule has 0 spiro atoms. The molecule has 0 aliphatic rings. The summed E-state index contributed by atoms with van der Waals surface area (Å²) < 4.78 is 2.23. The number of nitrogens with one attached hydrogen (secondary N) is 2. The van der Waals surface area contributed by atoms with Crippen molar-refractivity contribution in [2.75, 3.05) is 0 Å². The van der Waals surface area contributed by atoms with E-state index in [2.05, 4.69) is 31.2 Å². The number of benzene rings is 2. The van der Waals surface area contributed by atoms with Crippen molar-refractivity contribution in [1.29, 1.82) is 0 Å². The first-order valence-electron chi connectivity index (χ1n) is 8.50. The van der Waals surface area contributed by atoms with E-state index in [0.717, 1.165) is 20.9 Å². The van der Waals surface area contributed by atoms with Crippen LogP contribution in [-0.2, 0) is 17.9 Å². The zero-order valence-electron chi connectivity index (χ0n) is 14.6. The molecule has 0 fully saturated rings. The number of halogens is 1. The predicted octanol–water partition coefficient (Wildman–Crippen LogP) is 3.27. The summed E-state index contributed by atoms with van der Waals surface area (Å²) in [5, 5.41) is 3.70. The second-order valence-corrected chi connectivity index (χ2v) is 7.39. The number of aromatic amines is 1. The predicted molar refractivity (Wildman–Crippen MR) is 109 cm³/mol. The number of nitrogens with zero attached hydrogens (tertiary/aromatic N) is 2. The normalized spacial score (nSPS) is 11.2. The molecule has 2 aromatic heterocycles. The molecular formula is C20H17BrN4O2. The Hall–Kier alpha value is -2.93. The minimum Gasteiger partial charge on any atom is -0.350 e. The molecule has 4 aromatic rings. The van der Waals surface area contributed by atoms with Crippen molar-refractivity contribution in [1.82, 2.24) is 19.9 Å². The van der Waals surface area contributed by atoms with Crippen molar-refractivity contribution in [3.8, 4) is 0 Å². The first-order chi connectivity index (χ1) is 13.0. The summed E-state index contributed by atoms with van der Waals surface area (Å²) in [5.41, 5.74) is 3.75. The lowest BCUT2D eigenvalue weighted by Gasteiger charge is -2.07. The molecule has 6 nitrogen and oxygen atoms in total. The molecule has 2 heterocycles. The number of hydrogen-bond acceptors (Lipinski definition) is 3. The molecule has 0 saturated carbocycles. The first-order valence-corrected chi connectivity index (χ1v) is 9.29. The van der Waals surface area contributed by atoms with Crippen LogP contribution in [0.2, 0.25) is 0 Å². The zero-order valence-corrected chi connectivity index (χ0v) is 16.2. The Balaban J connectivity index is 1.55. The number of fused-ring (bicyclic) bond motifs is 3. The van der Waals surface area contributed by atoms with Crippen molar-refractivity contribution in [2.24, 2.45) is 0 Å². The summed E-state index contributed by atoms with van der Waals surface area (Å²) in [6.45, 7) is 2.36. The molecule has 0 aliphatic heterocycles. The molecule has 2 aromatic carbocycles. The van der Waals surface area contributed by atoms with Crippen LogP contribution >= 0.6 is 15.9 Å². The van der Waals surface area contributed by atoms with Crippen molar-refractivity contribution >= 4 is 43.8 Å². The Bertz CT molecular complexity index is 1210. The van der Waals surface area contributed by atoms with Crippen LogP contribution in [0.15, 0.2) is 58.1 Å². The summed E-state index contributed by atoms with van der Waals surface area (Å²) >= 11 is 3.43. The lowest BCUT2D eigenvalue weighted by Crippen LogP contribution is -2.32. The number of carbonyl (C=O) groups excluding carboxylic acids is 1. The van der Waals surface area contributed by atoms with Gasteiger partial charge in [-0.3, -0.25) is 14.2 Å². The molecule has 0 saturated heterocycles. The Morgan fingerprint density at radius 1 is 1.22 bits per heavy atom. The largest absolute Gasteiger partial charge is 0.350 e. The van der Waals surface area contributed by atoms with E-state index in [0.29, 0.717) is 17.6 Å². The van der Waals surface area contributed by atoms with Crippen LogP contribution in [-0.4, -0.2) is 20.4 Å². The third-order valence-electron chi connectivity index (χ3n) is 4.46. The topological polar surface area (TPSA) is 79.8 Å². The number of carbonyl (C=O) groups is 1. The van der Waals surface area contributed by atoms with Crippen LogP contribution in [0.4, 0.5) is 0 Å². The molecule has 0 radical (unpaired) electrons. The van der Waals surface area contributed by atoms with E-state index in [1.807, 2.05) is 49.4 Å². The quantitative estimate of drug-likeness (QED) is 0.527. The van der Waals surface area contributed by atoms with Gasteiger partial charge in [-0.05, 0) is 30.7 Å². The van der Waals surface area contributed by atoms with Gasteiger partial charge in [-0.1, -0.05) is 45.8 Å². The highest BCUT2D eigenvalue weighted by Crippen LogP contribution is 2.24. The van der Waals surface area contributed by atoms with Crippen molar-refractivity contribution < 1.29 is 4.79 Å². The van der Waals surface area contributed by atoms with Gasteiger partial charge in [-0.25, -0.2) is 4.98 Å². The van der Waals surface area contributed by atoms with Crippen molar-refractivity contribution in [3.63, 3.8) is 0 Å². The maximum Gasteiger partial charge on any atom is 0.278 e. The van der Waals surface area contributed by atoms with Crippen LogP contribution in [0.3, 0.4) is 0 Å². The third-order valence-corrected chi connectivity index (χ3v) is 4.95. The van der Waals surface area contributed by atoms with Gasteiger partial charge < -0.3 is 10.3 Å². The molecule has 2 N–H and O–H groups in total. The average Bonchev–Trinajstić information content (AvgIpc) is 3.02. The lowest BCUT2D eigenvalue weighted by molar-refractivity contribution is -0.121. The van der Waals surface area contributed by atoms with Crippen molar-refractivity contribution in [3.05, 3.63) is 74.7 Å². The van der Waals surface area contributed by atoms with Crippen LogP contribution in [0.5, 0.6) is 0 Å². The van der Waals surface area contributed by atoms with Gasteiger partial charge >= 0.3 is 0 Å². The number of aryl methyl sites for hydroxylation is 1. The third kappa shape index (κ3) is 3.50. The molecule has 0 aliphatic carbocycles. The van der Waals surface area contributed by atoms with Crippen LogP contribution in [0, 0.1) is 6.92 Å². The summed E-state index contributed by atoms with van der Waals surface area (Å²) in [4.78, 5) is 32.5. The molecule has 27 heavy (non-hydrogen) atoms. The zero-order chi connectivity index (χ0) is 19.0. The monoisotopic (exact) mass is 424 g/mol. The van der Waals surface area contributed by atoms with Crippen molar-refractivity contribution in [2.45, 2.75) is 20.0 Å². The Morgan fingerprint density at radius 3 is 2.78 bits per heavy atom. The first kappa shape index (κ1) is 17.5. The molecular weight excluding hydrogens is 408 g/mol. The minimum absolute atomic E-state index is 0.0767. The number of rotatable bonds is 4. The van der Waals surface area contributed by atoms with Gasteiger partial charge in [0.1, 0.15) is 17.6 Å². The van der Waals surface area contributed by atoms with E-state index in [-0.39, 0.29) is 18.0 Å². The highest BCUT2D eigenvalue weighted by atomic mass is 79.9. The Kier molecular flexibility index (Phi) is 4.53. The fourth-order valence-electron chi connectivity index (χ4n) is 2.99. The van der Waals surface area contributed by atoms with E-state index in [1.165, 1.54) is 16.5 Å². The maximum absolute atomic E-state index is 12.7. The van der Waals surface area contributed by atoms with Crippen LogP contribution < -0.4 is 10.9 Å². The minimum atomic E-state index is -0.266. The van der Waals surface area contributed by atoms with Crippen LogP contribution in [0.1, 0.15) is 11.1 Å². The van der Waals surface area contributed by atoms with Gasteiger partial charge in [0.15, 0.2) is 0 Å². The molecule has 136 valence electrons. The van der Waals surface area contributed by atoms with E-state index < -0.39 is 0 Å². The second-order valence-electron chi connectivity index (χ2n) is 6.48. The van der Waals surface area contributed by atoms with E-state index in [9.17, 15) is 9.59 Å². The smallest absolute Gasteiger partial charge is 0.278 e. The van der Waals surface area contributed by atoms with Gasteiger partial charge in [0.05, 0.1) is 6.33 Å². The van der Waals surface area contributed by atoms with Gasteiger partial charge in [0.2, 0.25) is 5.91 Å². The van der Waals surface area contributed by atoms with Gasteiger partial charge in [0, 0.05) is 21.9 Å². The van der Waals surface area contributed by atoms with E-state index in [4.69, 9.17) is 0 Å². The number of amides is 1. The van der Waals surface area contributed by atoms with Gasteiger partial charge in [-0.2, -0.15) is 0 Å². The van der Waals surface area contributed by atoms with Crippen LogP contribution in [0.25, 0.3) is 21.9 Å². The Morgan fingerprint density at radius 2 is 2.00 bits per heavy atom. The van der Waals surface area contributed by atoms with E-state index >= 15 is 0 Å². The fraction of sp³-hybridized carbons (Fsp3) is 0.150. The Labute approximate surface area is 163 Å². The lowest BCUT2D eigenvalue weighted by atomic mass is 10.1. The number of aromatic nitrogens is 3. The fourth-order valence-corrected chi connectivity index (χ4v) is 3.35. The van der Waals surface area contributed by atoms with Gasteiger partial charge in [-0.15, -0.1) is 0 Å². The van der Waals surface area contributed by atoms with E-state index in [1.54, 1.807) is 0 Å². The molecule has 7 heteroatoms. The molecule has 0 atom stereocenters. The molecule has 1 amide bonds. The van der Waals surface area contributed by atoms with Gasteiger partial charge in [0.25, 0.3) is 5.56 Å². The summed E-state index contributed by atoms with van der Waals surface area (Å²) in [5.74, 6) is -0.238. The SMILES string of the molecule is Cc1ccc(CNC(=O)Cn2cnc3c([nH]c4ccc(Br)cc43)c2=O)cc1. The average molecular weight is 425 g/mol. The summed E-state index contributed by atoms with van der Waals surface area (Å²) in [6, 6.07) is 13.6. The highest BCUT2D eigenvalue weighted by molar-refractivity contribution is 9.10. The number of H-pyrrole nitrogens is 1. The molecule has 0 unspecified atom stereocenters. The summed E-state index contributed by atoms with van der Waals surface area (Å²) in [7, 11) is 0. The standard InChI is InChI=1S/C20H17BrN4O2/c1-12-2-4-13(5-3-12)9-22-17(26)10-25-11-23-18-15-8-14(21)6-7-16(15)24-19(18)20(25)27/h2-8,11,24H,9-10H2,1H3,(H,22,26). The second kappa shape index (κ2) is 7.00. The number of hydrogen-bond donors (Lipinski definition) is 2.